The fourth-order valence-corrected chi connectivity index (χ4v) is 2.67. The van der Waals surface area contributed by atoms with Crippen molar-refractivity contribution in [1.82, 2.24) is 0 Å². The molecule has 148 valence electrons. The summed E-state index contributed by atoms with van der Waals surface area (Å²) in [6.45, 7) is 10.8. The Morgan fingerprint density at radius 1 is 1.25 bits per heavy atom. The quantitative estimate of drug-likeness (QED) is 0.160. The van der Waals surface area contributed by atoms with Crippen LogP contribution in [0.2, 0.25) is 0 Å². The van der Waals surface area contributed by atoms with Crippen molar-refractivity contribution in [3.63, 3.8) is 0 Å². The van der Waals surface area contributed by atoms with E-state index in [1.807, 2.05) is 13.8 Å². The molecule has 1 aromatic carbocycles. The molecule has 7 nitrogen and oxygen atoms in total. The maximum absolute atomic E-state index is 11.4. The molecule has 0 unspecified atom stereocenters. The Labute approximate surface area is 164 Å². The predicted molar refractivity (Wildman–Crippen MR) is 106 cm³/mol. The normalized spacial score (nSPS) is 14.5. The van der Waals surface area contributed by atoms with E-state index >= 15 is 0 Å². The second-order valence-corrected chi connectivity index (χ2v) is 5.76. The van der Waals surface area contributed by atoms with Crippen molar-refractivity contribution < 1.29 is 28.6 Å². The van der Waals surface area contributed by atoms with Gasteiger partial charge >= 0.3 is 0 Å². The highest BCUT2D eigenvalue weighted by molar-refractivity contribution is 5.80. The lowest BCUT2D eigenvalue weighted by Gasteiger charge is -2.13. The number of nitrogens with zero attached hydrogens (tertiary/aromatic N) is 1. The van der Waals surface area contributed by atoms with E-state index in [-0.39, 0.29) is 6.79 Å². The van der Waals surface area contributed by atoms with E-state index in [4.69, 9.17) is 23.8 Å². The van der Waals surface area contributed by atoms with Gasteiger partial charge in [0.05, 0.1) is 19.8 Å². The van der Waals surface area contributed by atoms with E-state index < -0.39 is 0 Å². The van der Waals surface area contributed by atoms with Gasteiger partial charge in [-0.2, -0.15) is 0 Å². The summed E-state index contributed by atoms with van der Waals surface area (Å²) >= 11 is 0. The lowest BCUT2D eigenvalue weighted by molar-refractivity contribution is -0.104. The van der Waals surface area contributed by atoms with E-state index in [1.54, 1.807) is 18.2 Å². The molecule has 0 spiro atoms. The molecule has 0 aromatic heterocycles. The van der Waals surface area contributed by atoms with Crippen LogP contribution in [0.1, 0.15) is 19.4 Å². The highest BCUT2D eigenvalue weighted by atomic mass is 16.7. The van der Waals surface area contributed by atoms with Crippen LogP contribution >= 0.6 is 0 Å². The molecule has 0 amide bonds. The summed E-state index contributed by atoms with van der Waals surface area (Å²) in [6, 6.07) is 3.52. The van der Waals surface area contributed by atoms with Gasteiger partial charge in [0.25, 0.3) is 0 Å². The first-order valence-electron chi connectivity index (χ1n) is 8.37. The number of methoxy groups -OCH3 is 2. The van der Waals surface area contributed by atoms with Crippen molar-refractivity contribution in [2.75, 3.05) is 21.0 Å². The van der Waals surface area contributed by atoms with Crippen molar-refractivity contribution in [2.24, 2.45) is 5.16 Å². The molecular weight excluding hydrogens is 362 g/mol. The molecule has 0 saturated heterocycles. The topological polar surface area (TPSA) is 75.6 Å². The fraction of sp³-hybridized carbons (Fsp3) is 0.238. The molecule has 7 heteroatoms. The molecule has 1 aliphatic heterocycles. The number of ether oxygens (including phenoxy) is 4. The molecule has 0 N–H and O–H groups in total. The van der Waals surface area contributed by atoms with E-state index in [1.165, 1.54) is 20.3 Å². The van der Waals surface area contributed by atoms with Gasteiger partial charge < -0.3 is 23.8 Å². The number of fused-ring (bicyclic) bond motifs is 1. The van der Waals surface area contributed by atoms with Crippen LogP contribution in [-0.4, -0.2) is 34.0 Å². The number of benzene rings is 1. The zero-order chi connectivity index (χ0) is 20.7. The van der Waals surface area contributed by atoms with E-state index in [0.717, 1.165) is 11.1 Å². The molecule has 1 heterocycles. The molecule has 0 bridgehead atoms. The summed E-state index contributed by atoms with van der Waals surface area (Å²) in [5.74, 6) is 2.38. The first-order valence-corrected chi connectivity index (χ1v) is 8.37. The van der Waals surface area contributed by atoms with Gasteiger partial charge in [-0.15, -0.1) is 0 Å². The van der Waals surface area contributed by atoms with E-state index in [9.17, 15) is 4.79 Å². The monoisotopic (exact) mass is 385 g/mol. The van der Waals surface area contributed by atoms with Crippen LogP contribution < -0.4 is 14.2 Å². The molecule has 1 aromatic rings. The van der Waals surface area contributed by atoms with Gasteiger partial charge in [-0.3, -0.25) is 4.79 Å². The van der Waals surface area contributed by atoms with Gasteiger partial charge in [0.15, 0.2) is 23.5 Å². The molecule has 2 rings (SSSR count). The minimum Gasteiger partial charge on any atom is -0.496 e. The number of aldehydes is 1. The average Bonchev–Trinajstić information content (AvgIpc) is 3.19. The SMILES string of the molecule is C=C\C(OC)=C(C=O)/C=C(C)/C(C)=C(/ON=C)c1cc(OC)c2c(c1)OCO2. The molecule has 28 heavy (non-hydrogen) atoms. The summed E-state index contributed by atoms with van der Waals surface area (Å²) in [4.78, 5) is 16.9. The Kier molecular flexibility index (Phi) is 7.03. The maximum atomic E-state index is 11.4. The number of hydrogen-bond acceptors (Lipinski definition) is 7. The first kappa shape index (κ1) is 20.8. The number of rotatable bonds is 9. The van der Waals surface area contributed by atoms with Crippen molar-refractivity contribution in [3.8, 4) is 17.2 Å². The summed E-state index contributed by atoms with van der Waals surface area (Å²) in [5.41, 5.74) is 2.50. The van der Waals surface area contributed by atoms with Crippen LogP contribution in [0.3, 0.4) is 0 Å². The Bertz CT molecular complexity index is 879. The molecule has 0 fully saturated rings. The van der Waals surface area contributed by atoms with Crippen LogP contribution in [0.25, 0.3) is 5.76 Å². The second kappa shape index (κ2) is 9.45. The van der Waals surface area contributed by atoms with Crippen LogP contribution in [0.15, 0.2) is 58.5 Å². The molecule has 0 aliphatic carbocycles. The minimum absolute atomic E-state index is 0.113. The molecular formula is C21H23NO6. The molecule has 0 radical (unpaired) electrons. The van der Waals surface area contributed by atoms with Gasteiger partial charge in [-0.1, -0.05) is 11.7 Å². The lowest BCUT2D eigenvalue weighted by atomic mass is 10.0. The Hall–Kier alpha value is -3.48. The summed E-state index contributed by atoms with van der Waals surface area (Å²) in [6.07, 6.45) is 3.85. The van der Waals surface area contributed by atoms with Gasteiger partial charge in [0.1, 0.15) is 5.76 Å². The number of allylic oxidation sites excluding steroid dienone is 5. The van der Waals surface area contributed by atoms with Gasteiger partial charge in [0, 0.05) is 12.3 Å². The zero-order valence-corrected chi connectivity index (χ0v) is 16.4. The van der Waals surface area contributed by atoms with Crippen LogP contribution in [-0.2, 0) is 14.4 Å². The number of carbonyl (C=O) groups excluding carboxylic acids is 1. The lowest BCUT2D eigenvalue weighted by Crippen LogP contribution is -1.97. The highest BCUT2D eigenvalue weighted by Gasteiger charge is 2.23. The first-order chi connectivity index (χ1) is 13.5. The Balaban J connectivity index is 2.61. The minimum atomic E-state index is 0.113. The molecule has 1 aliphatic rings. The number of carbonyl (C=O) groups is 1. The van der Waals surface area contributed by atoms with Crippen molar-refractivity contribution in [1.29, 1.82) is 0 Å². The highest BCUT2D eigenvalue weighted by Crippen LogP contribution is 2.44. The second-order valence-electron chi connectivity index (χ2n) is 5.76. The average molecular weight is 385 g/mol. The fourth-order valence-electron chi connectivity index (χ4n) is 2.67. The van der Waals surface area contributed by atoms with Gasteiger partial charge in [0.2, 0.25) is 12.5 Å². The van der Waals surface area contributed by atoms with Crippen molar-refractivity contribution in [3.05, 3.63) is 58.9 Å². The van der Waals surface area contributed by atoms with Crippen molar-refractivity contribution in [2.45, 2.75) is 13.8 Å². The predicted octanol–water partition coefficient (Wildman–Crippen LogP) is 4.02. The smallest absolute Gasteiger partial charge is 0.231 e. The maximum Gasteiger partial charge on any atom is 0.231 e. The Morgan fingerprint density at radius 3 is 2.57 bits per heavy atom. The number of oxime groups is 1. The van der Waals surface area contributed by atoms with Crippen molar-refractivity contribution >= 4 is 18.8 Å². The third kappa shape index (κ3) is 4.25. The van der Waals surface area contributed by atoms with Crippen LogP contribution in [0.5, 0.6) is 17.2 Å². The van der Waals surface area contributed by atoms with Gasteiger partial charge in [-0.05, 0) is 49.3 Å². The standard InChI is InChI=1S/C21H23NO6/c1-7-17(24-5)16(11-23)8-13(2)14(3)20(28-22-4)15-9-18(25-6)21-19(10-15)26-12-27-21/h7-11H,1,4,12H2,2-3,5-6H3/b13-8+,17-16-,20-14+. The molecule has 0 saturated carbocycles. The summed E-state index contributed by atoms with van der Waals surface area (Å²) in [7, 11) is 3.01. The molecule has 0 atom stereocenters. The Morgan fingerprint density at radius 2 is 2.00 bits per heavy atom. The largest absolute Gasteiger partial charge is 0.496 e. The summed E-state index contributed by atoms with van der Waals surface area (Å²) < 4.78 is 21.4. The zero-order valence-electron chi connectivity index (χ0n) is 16.4. The van der Waals surface area contributed by atoms with Gasteiger partial charge in [-0.25, -0.2) is 0 Å². The van der Waals surface area contributed by atoms with E-state index in [2.05, 4.69) is 18.5 Å². The van der Waals surface area contributed by atoms with E-state index in [0.29, 0.717) is 46.2 Å². The third-order valence-electron chi connectivity index (χ3n) is 4.20. The third-order valence-corrected chi connectivity index (χ3v) is 4.20. The summed E-state index contributed by atoms with van der Waals surface area (Å²) in [5, 5.41) is 3.56. The van der Waals surface area contributed by atoms with Crippen LogP contribution in [0, 0.1) is 0 Å². The number of hydrogen-bond donors (Lipinski definition) is 0. The van der Waals surface area contributed by atoms with Crippen LogP contribution in [0.4, 0.5) is 0 Å².